The van der Waals surface area contributed by atoms with Crippen molar-refractivity contribution in [1.82, 2.24) is 9.62 Å². The van der Waals surface area contributed by atoms with Crippen molar-refractivity contribution in [3.8, 4) is 0 Å². The van der Waals surface area contributed by atoms with Crippen molar-refractivity contribution in [3.63, 3.8) is 0 Å². The molecule has 30 heavy (non-hydrogen) atoms. The second-order valence-electron chi connectivity index (χ2n) is 7.88. The van der Waals surface area contributed by atoms with Gasteiger partial charge in [-0.1, -0.05) is 6.07 Å². The summed E-state index contributed by atoms with van der Waals surface area (Å²) in [7, 11) is 1.95. The van der Waals surface area contributed by atoms with Crippen LogP contribution in [0.4, 0.5) is 10.1 Å². The number of anilines is 1. The van der Waals surface area contributed by atoms with Gasteiger partial charge in [0.15, 0.2) is 0 Å². The lowest BCUT2D eigenvalue weighted by molar-refractivity contribution is -0.104. The van der Waals surface area contributed by atoms with E-state index in [2.05, 4.69) is 10.0 Å². The molecular weight excluding hydrogens is 409 g/mol. The fourth-order valence-electron chi connectivity index (χ4n) is 3.00. The minimum absolute atomic E-state index is 0.186. The van der Waals surface area contributed by atoms with Crippen molar-refractivity contribution in [2.24, 2.45) is 0 Å². The molecule has 1 aromatic carbocycles. The molecular formula is C21H30FN3O4S. The molecule has 7 nitrogen and oxygen atoms in total. The standard InChI is InChI=1S/C21H30FN3O4S/c1-14-5-6-18(17(22)9-14)23-20(15(2)12-26)19(11-25(3)4)24-30(29)21(7-8-21)10-16(28)13-27/h5-6,9,11-12,16,23-24,27-28H,7-8,10,13H2,1-4H3/b19-11+,20-15+. The van der Waals surface area contributed by atoms with Gasteiger partial charge in [-0.2, -0.15) is 0 Å². The van der Waals surface area contributed by atoms with E-state index in [0.717, 1.165) is 5.56 Å². The van der Waals surface area contributed by atoms with Crippen LogP contribution in [0.1, 0.15) is 31.7 Å². The zero-order valence-electron chi connectivity index (χ0n) is 17.7. The Hall–Kier alpha value is -2.23. The van der Waals surface area contributed by atoms with Gasteiger partial charge in [-0.3, -0.25) is 4.79 Å². The Morgan fingerprint density at radius 1 is 1.40 bits per heavy atom. The summed E-state index contributed by atoms with van der Waals surface area (Å²) in [5.74, 6) is -0.471. The van der Waals surface area contributed by atoms with Crippen molar-refractivity contribution in [1.29, 1.82) is 0 Å². The normalized spacial score (nSPS) is 18.2. The van der Waals surface area contributed by atoms with E-state index in [1.807, 2.05) is 0 Å². The summed E-state index contributed by atoms with van der Waals surface area (Å²) in [5.41, 5.74) is 1.90. The maximum Gasteiger partial charge on any atom is 0.147 e. The number of carbonyl (C=O) groups excluding carboxylic acids is 1. The maximum absolute atomic E-state index is 14.4. The van der Waals surface area contributed by atoms with Gasteiger partial charge in [0.1, 0.15) is 23.1 Å². The quantitative estimate of drug-likeness (QED) is 0.239. The minimum atomic E-state index is -1.59. The molecule has 2 atom stereocenters. The lowest BCUT2D eigenvalue weighted by atomic mass is 10.1. The van der Waals surface area contributed by atoms with Crippen LogP contribution in [0.25, 0.3) is 0 Å². The van der Waals surface area contributed by atoms with Crippen LogP contribution in [0.15, 0.2) is 41.4 Å². The average Bonchev–Trinajstić information content (AvgIpc) is 3.46. The van der Waals surface area contributed by atoms with E-state index in [9.17, 15) is 18.5 Å². The smallest absolute Gasteiger partial charge is 0.147 e. The molecule has 1 saturated carbocycles. The molecule has 0 heterocycles. The summed E-state index contributed by atoms with van der Waals surface area (Å²) >= 11 is 0. The van der Waals surface area contributed by atoms with Crippen LogP contribution in [0.5, 0.6) is 0 Å². The topological polar surface area (TPSA) is 102 Å². The minimum Gasteiger partial charge on any atom is -0.394 e. The molecule has 1 fully saturated rings. The number of halogens is 1. The van der Waals surface area contributed by atoms with Crippen molar-refractivity contribution < 1.29 is 23.6 Å². The molecule has 2 rings (SSSR count). The van der Waals surface area contributed by atoms with Gasteiger partial charge in [-0.05, 0) is 50.8 Å². The van der Waals surface area contributed by atoms with Crippen molar-refractivity contribution in [2.75, 3.05) is 26.0 Å². The Bertz CT molecular complexity index is 866. The van der Waals surface area contributed by atoms with Crippen molar-refractivity contribution in [3.05, 3.63) is 52.7 Å². The molecule has 0 radical (unpaired) electrons. The molecule has 0 spiro atoms. The van der Waals surface area contributed by atoms with E-state index in [-0.39, 0.29) is 12.1 Å². The van der Waals surface area contributed by atoms with Gasteiger partial charge in [0.2, 0.25) is 0 Å². The van der Waals surface area contributed by atoms with Gasteiger partial charge >= 0.3 is 0 Å². The molecule has 0 saturated heterocycles. The third kappa shape index (κ3) is 6.13. The first-order valence-corrected chi connectivity index (χ1v) is 10.8. The molecule has 2 unspecified atom stereocenters. The van der Waals surface area contributed by atoms with Crippen LogP contribution in [0.2, 0.25) is 0 Å². The lowest BCUT2D eigenvalue weighted by Gasteiger charge is -2.23. The third-order valence-corrected chi connectivity index (χ3v) is 6.60. The summed E-state index contributed by atoms with van der Waals surface area (Å²) in [6.45, 7) is 2.96. The lowest BCUT2D eigenvalue weighted by Crippen LogP contribution is -2.35. The van der Waals surface area contributed by atoms with Crippen LogP contribution in [-0.4, -0.2) is 57.2 Å². The van der Waals surface area contributed by atoms with Crippen LogP contribution in [0, 0.1) is 12.7 Å². The average molecular weight is 440 g/mol. The molecule has 1 aromatic rings. The maximum atomic E-state index is 14.4. The Morgan fingerprint density at radius 3 is 2.57 bits per heavy atom. The first kappa shape index (κ1) is 24.0. The van der Waals surface area contributed by atoms with Gasteiger partial charge in [0, 0.05) is 25.9 Å². The van der Waals surface area contributed by atoms with E-state index < -0.39 is 34.3 Å². The molecule has 0 bridgehead atoms. The fourth-order valence-corrected chi connectivity index (χ4v) is 4.39. The molecule has 0 aliphatic heterocycles. The summed E-state index contributed by atoms with van der Waals surface area (Å²) < 4.78 is 29.8. The van der Waals surface area contributed by atoms with Crippen molar-refractivity contribution in [2.45, 2.75) is 44.0 Å². The van der Waals surface area contributed by atoms with Crippen LogP contribution < -0.4 is 10.0 Å². The predicted molar refractivity (Wildman–Crippen MR) is 116 cm³/mol. The first-order chi connectivity index (χ1) is 14.1. The zero-order valence-corrected chi connectivity index (χ0v) is 18.6. The van der Waals surface area contributed by atoms with E-state index >= 15 is 0 Å². The Kier molecular flexibility index (Phi) is 8.17. The fraction of sp³-hybridized carbons (Fsp3) is 0.476. The number of allylic oxidation sites excluding steroid dienone is 1. The summed E-state index contributed by atoms with van der Waals surface area (Å²) in [5, 5.41) is 21.9. The van der Waals surface area contributed by atoms with E-state index in [1.165, 1.54) is 6.07 Å². The second-order valence-corrected chi connectivity index (χ2v) is 9.49. The number of hydrogen-bond donors (Lipinski definition) is 4. The molecule has 0 amide bonds. The number of nitrogens with zero attached hydrogens (tertiary/aromatic N) is 1. The molecule has 1 aliphatic carbocycles. The second kappa shape index (κ2) is 10.2. The van der Waals surface area contributed by atoms with Crippen LogP contribution in [-0.2, 0) is 15.8 Å². The van der Waals surface area contributed by atoms with E-state index in [1.54, 1.807) is 51.2 Å². The summed E-state index contributed by atoms with van der Waals surface area (Å²) in [6, 6.07) is 4.70. The molecule has 0 aromatic heterocycles. The summed E-state index contributed by atoms with van der Waals surface area (Å²) in [6.07, 6.45) is 2.83. The van der Waals surface area contributed by atoms with Gasteiger partial charge in [-0.25, -0.2) is 8.60 Å². The molecule has 9 heteroatoms. The molecule has 1 aliphatic rings. The SMILES string of the molecule is C/C(C=O)=C(Nc1ccc(C)cc1F)/C(=C\N(C)C)NS(=O)C1(CC(O)CO)CC1. The van der Waals surface area contributed by atoms with Crippen LogP contribution >= 0.6 is 0 Å². The Balaban J connectivity index is 2.36. The number of carbonyl (C=O) groups is 1. The number of benzene rings is 1. The number of hydrogen-bond acceptors (Lipinski definition) is 6. The van der Waals surface area contributed by atoms with Crippen molar-refractivity contribution >= 4 is 23.0 Å². The van der Waals surface area contributed by atoms with E-state index in [0.29, 0.717) is 36.1 Å². The van der Waals surface area contributed by atoms with E-state index in [4.69, 9.17) is 5.11 Å². The van der Waals surface area contributed by atoms with Gasteiger partial charge in [-0.15, -0.1) is 0 Å². The highest BCUT2D eigenvalue weighted by molar-refractivity contribution is 7.85. The highest BCUT2D eigenvalue weighted by atomic mass is 32.2. The monoisotopic (exact) mass is 439 g/mol. The number of aldehydes is 1. The number of nitrogens with one attached hydrogen (secondary N) is 2. The molecule has 166 valence electrons. The van der Waals surface area contributed by atoms with Gasteiger partial charge < -0.3 is 25.2 Å². The first-order valence-electron chi connectivity index (χ1n) is 9.67. The largest absolute Gasteiger partial charge is 0.394 e. The highest BCUT2D eigenvalue weighted by Gasteiger charge is 2.50. The predicted octanol–water partition coefficient (Wildman–Crippen LogP) is 1.95. The summed E-state index contributed by atoms with van der Waals surface area (Å²) in [4.78, 5) is 13.3. The number of aliphatic hydroxyl groups is 2. The van der Waals surface area contributed by atoms with Crippen LogP contribution in [0.3, 0.4) is 0 Å². The third-order valence-electron chi connectivity index (χ3n) is 4.83. The van der Waals surface area contributed by atoms with Gasteiger partial charge in [0.25, 0.3) is 0 Å². The Morgan fingerprint density at radius 2 is 2.07 bits per heavy atom. The number of aryl methyl sites for hydroxylation is 1. The van der Waals surface area contributed by atoms with Gasteiger partial charge in [0.05, 0.1) is 34.5 Å². The Labute approximate surface area is 179 Å². The zero-order chi connectivity index (χ0) is 22.5. The molecule has 4 N–H and O–H groups in total. The number of aliphatic hydroxyl groups excluding tert-OH is 2. The number of rotatable bonds is 11. The highest BCUT2D eigenvalue weighted by Crippen LogP contribution is 2.45.